The number of methoxy groups -OCH3 is 2. The predicted molar refractivity (Wildman–Crippen MR) is 69.9 cm³/mol. The highest BCUT2D eigenvalue weighted by molar-refractivity contribution is 5.46. The number of hydrogen-bond donors (Lipinski definition) is 2. The Balaban J connectivity index is 2.75. The minimum Gasteiger partial charge on any atom is -0.497 e. The maximum atomic E-state index is 5.39. The van der Waals surface area contributed by atoms with Crippen LogP contribution in [-0.4, -0.2) is 34.4 Å². The van der Waals surface area contributed by atoms with Crippen molar-refractivity contribution in [1.82, 2.24) is 10.6 Å². The van der Waals surface area contributed by atoms with E-state index in [1.807, 2.05) is 19.2 Å². The molecule has 1 aromatic rings. The maximum absolute atomic E-state index is 5.39. The van der Waals surface area contributed by atoms with Crippen LogP contribution in [0.4, 0.5) is 0 Å². The zero-order valence-corrected chi connectivity index (χ0v) is 11.1. The van der Waals surface area contributed by atoms with Gasteiger partial charge in [-0.15, -0.1) is 0 Å². The molecule has 0 saturated heterocycles. The normalized spacial score (nSPS) is 10.4. The van der Waals surface area contributed by atoms with Crippen molar-refractivity contribution >= 4 is 0 Å². The predicted octanol–water partition coefficient (Wildman–Crippen LogP) is 1.32. The van der Waals surface area contributed by atoms with Gasteiger partial charge in [0.15, 0.2) is 0 Å². The van der Waals surface area contributed by atoms with Crippen molar-refractivity contribution in [3.05, 3.63) is 23.3 Å². The van der Waals surface area contributed by atoms with Crippen molar-refractivity contribution in [2.75, 3.05) is 34.4 Å². The summed E-state index contributed by atoms with van der Waals surface area (Å²) in [5, 5.41) is 6.47. The van der Waals surface area contributed by atoms with E-state index in [9.17, 15) is 0 Å². The third kappa shape index (κ3) is 3.91. The van der Waals surface area contributed by atoms with Crippen molar-refractivity contribution in [3.8, 4) is 11.5 Å². The van der Waals surface area contributed by atoms with Gasteiger partial charge >= 0.3 is 0 Å². The molecule has 0 aliphatic carbocycles. The Hall–Kier alpha value is -1.26. The van der Waals surface area contributed by atoms with E-state index >= 15 is 0 Å². The molecule has 0 amide bonds. The van der Waals surface area contributed by atoms with Crippen molar-refractivity contribution in [2.45, 2.75) is 13.5 Å². The largest absolute Gasteiger partial charge is 0.497 e. The molecule has 1 aromatic carbocycles. The Morgan fingerprint density at radius 1 is 1.12 bits per heavy atom. The van der Waals surface area contributed by atoms with Crippen molar-refractivity contribution in [3.63, 3.8) is 0 Å². The van der Waals surface area contributed by atoms with Gasteiger partial charge in [-0.05, 0) is 25.6 Å². The summed E-state index contributed by atoms with van der Waals surface area (Å²) in [5.74, 6) is 1.71. The highest BCUT2D eigenvalue weighted by atomic mass is 16.5. The molecular weight excluding hydrogens is 216 g/mol. The Kier molecular flexibility index (Phi) is 5.80. The van der Waals surface area contributed by atoms with E-state index in [0.29, 0.717) is 0 Å². The first-order valence-corrected chi connectivity index (χ1v) is 5.79. The standard InChI is InChI=1S/C13H22N2O2/c1-10-7-11(16-3)8-13(17-4)12(10)9-15-6-5-14-2/h7-8,14-15H,5-6,9H2,1-4H3. The van der Waals surface area contributed by atoms with E-state index in [0.717, 1.165) is 31.1 Å². The lowest BCUT2D eigenvalue weighted by atomic mass is 10.1. The first kappa shape index (κ1) is 13.8. The lowest BCUT2D eigenvalue weighted by Crippen LogP contribution is -2.24. The molecule has 4 nitrogen and oxygen atoms in total. The molecule has 0 saturated carbocycles. The number of hydrogen-bond acceptors (Lipinski definition) is 4. The van der Waals surface area contributed by atoms with Gasteiger partial charge < -0.3 is 20.1 Å². The summed E-state index contributed by atoms with van der Waals surface area (Å²) in [6.45, 7) is 4.77. The second-order valence-electron chi connectivity index (χ2n) is 3.91. The van der Waals surface area contributed by atoms with Gasteiger partial charge in [-0.1, -0.05) is 0 Å². The Morgan fingerprint density at radius 3 is 2.47 bits per heavy atom. The summed E-state index contributed by atoms with van der Waals surface area (Å²) in [4.78, 5) is 0. The van der Waals surface area contributed by atoms with Gasteiger partial charge in [-0.3, -0.25) is 0 Å². The van der Waals surface area contributed by atoms with Gasteiger partial charge in [0.1, 0.15) is 11.5 Å². The van der Waals surface area contributed by atoms with Gasteiger partial charge in [-0.25, -0.2) is 0 Å². The summed E-state index contributed by atoms with van der Waals surface area (Å²) < 4.78 is 10.6. The molecule has 2 N–H and O–H groups in total. The second-order valence-corrected chi connectivity index (χ2v) is 3.91. The first-order chi connectivity index (χ1) is 8.22. The lowest BCUT2D eigenvalue weighted by molar-refractivity contribution is 0.389. The average molecular weight is 238 g/mol. The molecule has 0 aromatic heterocycles. The van der Waals surface area contributed by atoms with Crippen molar-refractivity contribution in [1.29, 1.82) is 0 Å². The van der Waals surface area contributed by atoms with Gasteiger partial charge in [0.2, 0.25) is 0 Å². The quantitative estimate of drug-likeness (QED) is 0.703. The zero-order valence-electron chi connectivity index (χ0n) is 11.1. The number of nitrogens with one attached hydrogen (secondary N) is 2. The van der Waals surface area contributed by atoms with E-state index in [-0.39, 0.29) is 0 Å². The number of ether oxygens (including phenoxy) is 2. The van der Waals surface area contributed by atoms with Gasteiger partial charge in [0, 0.05) is 31.3 Å². The molecule has 0 atom stereocenters. The van der Waals surface area contributed by atoms with Crippen LogP contribution in [0.2, 0.25) is 0 Å². The Bertz CT molecular complexity index is 354. The monoisotopic (exact) mass is 238 g/mol. The van der Waals surface area contributed by atoms with Crippen LogP contribution < -0.4 is 20.1 Å². The Labute approximate surface area is 103 Å². The summed E-state index contributed by atoms with van der Waals surface area (Å²) in [5.41, 5.74) is 2.36. The summed E-state index contributed by atoms with van der Waals surface area (Å²) in [7, 11) is 5.30. The average Bonchev–Trinajstić information content (AvgIpc) is 2.35. The molecule has 0 aliphatic rings. The molecule has 0 heterocycles. The van der Waals surface area contributed by atoms with Crippen LogP contribution in [0.1, 0.15) is 11.1 Å². The van der Waals surface area contributed by atoms with Crippen molar-refractivity contribution < 1.29 is 9.47 Å². The van der Waals surface area contributed by atoms with Crippen LogP contribution in [0.25, 0.3) is 0 Å². The molecule has 0 spiro atoms. The van der Waals surface area contributed by atoms with Crippen LogP contribution >= 0.6 is 0 Å². The number of benzene rings is 1. The number of likely N-dealkylation sites (N-methyl/N-ethyl adjacent to an activating group) is 1. The Morgan fingerprint density at radius 2 is 1.88 bits per heavy atom. The molecule has 4 heteroatoms. The minimum absolute atomic E-state index is 0.806. The zero-order chi connectivity index (χ0) is 12.7. The second kappa shape index (κ2) is 7.14. The molecule has 0 bridgehead atoms. The molecular formula is C13H22N2O2. The summed E-state index contributed by atoms with van der Waals surface area (Å²) in [6, 6.07) is 3.94. The molecule has 0 fully saturated rings. The number of aryl methyl sites for hydroxylation is 1. The fraction of sp³-hybridized carbons (Fsp3) is 0.538. The SMILES string of the molecule is CNCCNCc1c(C)cc(OC)cc1OC. The fourth-order valence-electron chi connectivity index (χ4n) is 1.71. The maximum Gasteiger partial charge on any atom is 0.127 e. The van der Waals surface area contributed by atoms with E-state index < -0.39 is 0 Å². The van der Waals surface area contributed by atoms with Crippen LogP contribution in [0.15, 0.2) is 12.1 Å². The van der Waals surface area contributed by atoms with Crippen LogP contribution in [0.3, 0.4) is 0 Å². The lowest BCUT2D eigenvalue weighted by Gasteiger charge is -2.14. The third-order valence-corrected chi connectivity index (χ3v) is 2.71. The van der Waals surface area contributed by atoms with Crippen LogP contribution in [0, 0.1) is 6.92 Å². The highest BCUT2D eigenvalue weighted by Gasteiger charge is 2.08. The van der Waals surface area contributed by atoms with Crippen LogP contribution in [-0.2, 0) is 6.54 Å². The van der Waals surface area contributed by atoms with E-state index in [4.69, 9.17) is 9.47 Å². The molecule has 1 rings (SSSR count). The molecule has 96 valence electrons. The fourth-order valence-corrected chi connectivity index (χ4v) is 1.71. The molecule has 17 heavy (non-hydrogen) atoms. The topological polar surface area (TPSA) is 42.5 Å². The summed E-state index contributed by atoms with van der Waals surface area (Å²) >= 11 is 0. The first-order valence-electron chi connectivity index (χ1n) is 5.79. The van der Waals surface area contributed by atoms with Crippen LogP contribution in [0.5, 0.6) is 11.5 Å². The van der Waals surface area contributed by atoms with Gasteiger partial charge in [0.25, 0.3) is 0 Å². The highest BCUT2D eigenvalue weighted by Crippen LogP contribution is 2.28. The minimum atomic E-state index is 0.806. The van der Waals surface area contributed by atoms with Gasteiger partial charge in [-0.2, -0.15) is 0 Å². The van der Waals surface area contributed by atoms with E-state index in [2.05, 4.69) is 17.6 Å². The van der Waals surface area contributed by atoms with E-state index in [1.165, 1.54) is 11.1 Å². The van der Waals surface area contributed by atoms with E-state index in [1.54, 1.807) is 14.2 Å². The third-order valence-electron chi connectivity index (χ3n) is 2.71. The van der Waals surface area contributed by atoms with Gasteiger partial charge in [0.05, 0.1) is 14.2 Å². The summed E-state index contributed by atoms with van der Waals surface area (Å²) in [6.07, 6.45) is 0. The molecule has 0 unspecified atom stereocenters. The molecule has 0 radical (unpaired) electrons. The van der Waals surface area contributed by atoms with Crippen molar-refractivity contribution in [2.24, 2.45) is 0 Å². The molecule has 0 aliphatic heterocycles. The number of rotatable bonds is 7. The smallest absolute Gasteiger partial charge is 0.127 e.